The van der Waals surface area contributed by atoms with Gasteiger partial charge in [-0.15, -0.1) is 0 Å². The molecule has 1 aliphatic rings. The minimum atomic E-state index is -4.19. The van der Waals surface area contributed by atoms with Crippen LogP contribution >= 0.6 is 11.6 Å². The summed E-state index contributed by atoms with van der Waals surface area (Å²) in [7, 11) is -4.19. The van der Waals surface area contributed by atoms with Crippen LogP contribution in [0.4, 0.5) is 0 Å². The van der Waals surface area contributed by atoms with Crippen molar-refractivity contribution in [2.45, 2.75) is 63.6 Å². The number of ketones is 1. The van der Waals surface area contributed by atoms with Crippen molar-refractivity contribution in [3.63, 3.8) is 0 Å². The molecule has 250 valence electrons. The number of aromatic nitrogens is 1. The number of nitrogens with one attached hydrogen (secondary N) is 3. The normalized spacial score (nSPS) is 16.0. The lowest BCUT2D eigenvalue weighted by Gasteiger charge is -2.36. The first-order valence-corrected chi connectivity index (χ1v) is 16.8. The fourth-order valence-corrected chi connectivity index (χ4v) is 6.25. The summed E-state index contributed by atoms with van der Waals surface area (Å²) in [5, 5.41) is 6.08. The van der Waals surface area contributed by atoms with Crippen molar-refractivity contribution in [3.05, 3.63) is 83.0 Å². The second kappa shape index (κ2) is 15.0. The van der Waals surface area contributed by atoms with Crippen LogP contribution in [-0.4, -0.2) is 72.4 Å². The van der Waals surface area contributed by atoms with Crippen molar-refractivity contribution in [1.82, 2.24) is 25.2 Å². The highest BCUT2D eigenvalue weighted by atomic mass is 35.5. The first kappa shape index (κ1) is 35.5. The number of sulfonamides is 1. The number of carbonyl (C=O) groups excluding carboxylic acids is 5. The molecule has 2 heterocycles. The molecule has 0 spiro atoms. The van der Waals surface area contributed by atoms with Gasteiger partial charge in [-0.05, 0) is 79.8 Å². The zero-order valence-electron chi connectivity index (χ0n) is 26.2. The third-order valence-electron chi connectivity index (χ3n) is 7.63. The molecule has 0 saturated carbocycles. The second-order valence-electron chi connectivity index (χ2n) is 11.7. The molecule has 3 atom stereocenters. The van der Waals surface area contributed by atoms with Gasteiger partial charge in [0.15, 0.2) is 0 Å². The molecule has 3 N–H and O–H groups in total. The van der Waals surface area contributed by atoms with E-state index in [4.69, 9.17) is 16.0 Å². The number of Topliss-reactive ketones (excluding diaryl/α,β-unsaturated/α-hetero) is 1. The van der Waals surface area contributed by atoms with Gasteiger partial charge in [0.2, 0.25) is 11.7 Å². The topological polar surface area (TPSA) is 185 Å². The largest absolute Gasteiger partial charge is 0.442 e. The molecule has 1 aromatic heterocycles. The lowest BCUT2D eigenvalue weighted by atomic mass is 9.93. The summed E-state index contributed by atoms with van der Waals surface area (Å²) in [6.07, 6.45) is 3.70. The highest BCUT2D eigenvalue weighted by Crippen LogP contribution is 2.23. The van der Waals surface area contributed by atoms with Crippen molar-refractivity contribution in [1.29, 1.82) is 0 Å². The van der Waals surface area contributed by atoms with Crippen LogP contribution in [0.25, 0.3) is 0 Å². The molecule has 1 fully saturated rings. The van der Waals surface area contributed by atoms with Gasteiger partial charge in [0.25, 0.3) is 33.6 Å². The van der Waals surface area contributed by atoms with Crippen LogP contribution in [-0.2, 0) is 19.6 Å². The molecule has 4 amide bonds. The maximum absolute atomic E-state index is 14.2. The number of hydrogen-bond acceptors (Lipinski definition) is 10. The Morgan fingerprint density at radius 1 is 0.936 bits per heavy atom. The molecule has 4 rings (SSSR count). The lowest BCUT2D eigenvalue weighted by Crippen LogP contribution is -2.61. The van der Waals surface area contributed by atoms with Gasteiger partial charge in [-0.2, -0.15) is 0 Å². The number of rotatable bonds is 12. The third kappa shape index (κ3) is 8.31. The second-order valence-corrected chi connectivity index (χ2v) is 13.9. The predicted molar refractivity (Wildman–Crippen MR) is 171 cm³/mol. The Hall–Kier alpha value is -4.40. The van der Waals surface area contributed by atoms with E-state index in [9.17, 15) is 32.4 Å². The van der Waals surface area contributed by atoms with Gasteiger partial charge < -0.3 is 15.1 Å². The van der Waals surface area contributed by atoms with Crippen LogP contribution in [0.1, 0.15) is 71.9 Å². The fraction of sp³-hybridized carbons (Fsp3) is 0.375. The molecule has 0 aliphatic carbocycles. The zero-order chi connectivity index (χ0) is 34.5. The van der Waals surface area contributed by atoms with Crippen molar-refractivity contribution in [2.75, 3.05) is 6.54 Å². The summed E-state index contributed by atoms with van der Waals surface area (Å²) in [5.41, 5.74) is 0.0217. The van der Waals surface area contributed by atoms with Gasteiger partial charge in [0, 0.05) is 16.1 Å². The highest BCUT2D eigenvalue weighted by Gasteiger charge is 2.45. The fourth-order valence-electron chi connectivity index (χ4n) is 5.15. The SMILES string of the molecule is CC(C)C(C(=O)c1ncco1)N(C(=O)[C@@H]1CCCN1)C(=O)[C@@H](NC(=O)c1ccc(C(=O)NS(=O)(=O)c2ccc(Cl)cc2)cc1)C(C)C. The van der Waals surface area contributed by atoms with Gasteiger partial charge in [0.05, 0.1) is 17.1 Å². The number of imide groups is 1. The maximum Gasteiger partial charge on any atom is 0.265 e. The third-order valence-corrected chi connectivity index (χ3v) is 9.23. The number of carbonyl (C=O) groups is 5. The number of halogens is 1. The Kier molecular flexibility index (Phi) is 11.3. The number of nitrogens with zero attached hydrogens (tertiary/aromatic N) is 2. The van der Waals surface area contributed by atoms with Gasteiger partial charge in [-0.3, -0.25) is 28.9 Å². The van der Waals surface area contributed by atoms with E-state index < -0.39 is 69.4 Å². The smallest absolute Gasteiger partial charge is 0.265 e. The molecular formula is C32H36ClN5O8S. The predicted octanol–water partition coefficient (Wildman–Crippen LogP) is 3.22. The van der Waals surface area contributed by atoms with Crippen LogP contribution in [0.15, 0.2) is 70.3 Å². The van der Waals surface area contributed by atoms with Gasteiger partial charge in [0.1, 0.15) is 18.3 Å². The Labute approximate surface area is 277 Å². The van der Waals surface area contributed by atoms with Crippen LogP contribution in [0, 0.1) is 11.8 Å². The Balaban J connectivity index is 1.55. The summed E-state index contributed by atoms with van der Waals surface area (Å²) in [6.45, 7) is 7.34. The molecule has 3 aromatic rings. The van der Waals surface area contributed by atoms with E-state index in [1.807, 2.05) is 4.72 Å². The number of amides is 4. The van der Waals surface area contributed by atoms with Crippen molar-refractivity contribution in [3.8, 4) is 0 Å². The van der Waals surface area contributed by atoms with Crippen molar-refractivity contribution in [2.24, 2.45) is 11.8 Å². The molecular weight excluding hydrogens is 650 g/mol. The van der Waals surface area contributed by atoms with E-state index in [1.54, 1.807) is 27.7 Å². The Morgan fingerprint density at radius 2 is 1.55 bits per heavy atom. The number of oxazole rings is 1. The van der Waals surface area contributed by atoms with E-state index in [1.165, 1.54) is 61.0 Å². The summed E-state index contributed by atoms with van der Waals surface area (Å²) in [5.74, 6) is -4.89. The lowest BCUT2D eigenvalue weighted by molar-refractivity contribution is -0.150. The maximum atomic E-state index is 14.2. The molecule has 13 nitrogen and oxygen atoms in total. The molecule has 47 heavy (non-hydrogen) atoms. The summed E-state index contributed by atoms with van der Waals surface area (Å²) in [4.78, 5) is 72.4. The molecule has 0 bridgehead atoms. The monoisotopic (exact) mass is 685 g/mol. The molecule has 1 saturated heterocycles. The van der Waals surface area contributed by atoms with Gasteiger partial charge in [-0.25, -0.2) is 18.1 Å². The first-order valence-electron chi connectivity index (χ1n) is 15.0. The average Bonchev–Trinajstić information content (AvgIpc) is 3.77. The minimum absolute atomic E-state index is 0.0405. The van der Waals surface area contributed by atoms with Crippen LogP contribution in [0.5, 0.6) is 0 Å². The standard InChI is InChI=1S/C32H36ClN5O8S/c1-18(2)25(32(43)38(31(42)24-6-5-15-34-24)26(19(3)4)27(39)30-35-16-17-46-30)36-28(40)20-7-9-21(10-8-20)29(41)37-47(44,45)23-13-11-22(33)12-14-23/h7-14,16-19,24-26,34H,5-6,15H2,1-4H3,(H,36,40)(H,37,41)/t24-,25-,26?/m0/s1. The van der Waals surface area contributed by atoms with E-state index in [0.29, 0.717) is 24.4 Å². The molecule has 1 unspecified atom stereocenters. The minimum Gasteiger partial charge on any atom is -0.442 e. The van der Waals surface area contributed by atoms with Crippen molar-refractivity contribution < 1.29 is 36.8 Å². The summed E-state index contributed by atoms with van der Waals surface area (Å²) >= 11 is 5.81. The zero-order valence-corrected chi connectivity index (χ0v) is 27.8. The van der Waals surface area contributed by atoms with Crippen molar-refractivity contribution >= 4 is 51.0 Å². The van der Waals surface area contributed by atoms with Gasteiger partial charge >= 0.3 is 0 Å². The molecule has 0 radical (unpaired) electrons. The summed E-state index contributed by atoms with van der Waals surface area (Å²) < 4.78 is 32.4. The molecule has 15 heteroatoms. The number of hydrogen-bond donors (Lipinski definition) is 3. The van der Waals surface area contributed by atoms with E-state index in [0.717, 1.165) is 4.90 Å². The van der Waals surface area contributed by atoms with Crippen LogP contribution in [0.3, 0.4) is 0 Å². The summed E-state index contributed by atoms with van der Waals surface area (Å²) in [6, 6.07) is 7.22. The van der Waals surface area contributed by atoms with E-state index in [2.05, 4.69) is 15.6 Å². The Morgan fingerprint density at radius 3 is 2.06 bits per heavy atom. The average molecular weight is 686 g/mol. The molecule has 2 aromatic carbocycles. The highest BCUT2D eigenvalue weighted by molar-refractivity contribution is 7.90. The van der Waals surface area contributed by atoms with E-state index >= 15 is 0 Å². The van der Waals surface area contributed by atoms with Gasteiger partial charge in [-0.1, -0.05) is 39.3 Å². The Bertz CT molecular complexity index is 1720. The quantitative estimate of drug-likeness (QED) is 0.239. The van der Waals surface area contributed by atoms with E-state index in [-0.39, 0.29) is 21.9 Å². The first-order chi connectivity index (χ1) is 22.2. The van der Waals surface area contributed by atoms with Crippen LogP contribution < -0.4 is 15.4 Å². The van der Waals surface area contributed by atoms with Crippen LogP contribution in [0.2, 0.25) is 5.02 Å². The molecule has 1 aliphatic heterocycles. The number of benzene rings is 2.